The number of hydrogen-bond donors (Lipinski definition) is 0. The molecule has 0 heterocycles. The molecule has 0 amide bonds. The monoisotopic (exact) mass is 350 g/mol. The lowest BCUT2D eigenvalue weighted by molar-refractivity contribution is 0.100. The zero-order chi connectivity index (χ0) is 18.8. The second-order valence-electron chi connectivity index (χ2n) is 6.55. The van der Waals surface area contributed by atoms with Gasteiger partial charge >= 0.3 is 0 Å². The zero-order valence-electron chi connectivity index (χ0n) is 15.0. The van der Waals surface area contributed by atoms with Crippen LogP contribution >= 0.6 is 0 Å². The molecule has 130 valence electrons. The standard InChI is InChI=1S/C25H18O2/c1-17-16-20-14-8-9-15-21(20)23(25(27)19-12-6-3-7-13-19)22(17)24(26)18-10-4-2-5-11-18/h2-16H,1H3. The van der Waals surface area contributed by atoms with Crippen LogP contribution in [-0.4, -0.2) is 11.6 Å². The van der Waals surface area contributed by atoms with Crippen molar-refractivity contribution in [2.75, 3.05) is 0 Å². The van der Waals surface area contributed by atoms with Gasteiger partial charge in [0.05, 0.1) is 0 Å². The maximum Gasteiger partial charge on any atom is 0.194 e. The summed E-state index contributed by atoms with van der Waals surface area (Å²) in [5.41, 5.74) is 2.93. The third kappa shape index (κ3) is 3.06. The summed E-state index contributed by atoms with van der Waals surface area (Å²) in [6.07, 6.45) is 0. The molecule has 0 spiro atoms. The smallest absolute Gasteiger partial charge is 0.194 e. The number of carbonyl (C=O) groups excluding carboxylic acids is 2. The fourth-order valence-electron chi connectivity index (χ4n) is 3.48. The molecular weight excluding hydrogens is 332 g/mol. The van der Waals surface area contributed by atoms with E-state index in [1.165, 1.54) is 0 Å². The van der Waals surface area contributed by atoms with E-state index in [0.29, 0.717) is 22.3 Å². The van der Waals surface area contributed by atoms with Crippen molar-refractivity contribution in [2.45, 2.75) is 6.92 Å². The number of benzene rings is 4. The topological polar surface area (TPSA) is 34.1 Å². The highest BCUT2D eigenvalue weighted by Crippen LogP contribution is 2.30. The predicted molar refractivity (Wildman–Crippen MR) is 108 cm³/mol. The van der Waals surface area contributed by atoms with Gasteiger partial charge < -0.3 is 0 Å². The molecule has 2 nitrogen and oxygen atoms in total. The number of carbonyl (C=O) groups is 2. The Kier molecular flexibility index (Phi) is 4.39. The highest BCUT2D eigenvalue weighted by Gasteiger charge is 2.24. The first-order valence-electron chi connectivity index (χ1n) is 8.88. The minimum Gasteiger partial charge on any atom is -0.289 e. The summed E-state index contributed by atoms with van der Waals surface area (Å²) in [5, 5.41) is 1.76. The summed E-state index contributed by atoms with van der Waals surface area (Å²) in [6, 6.07) is 27.9. The minimum atomic E-state index is -0.130. The van der Waals surface area contributed by atoms with Gasteiger partial charge in [-0.05, 0) is 23.3 Å². The van der Waals surface area contributed by atoms with E-state index >= 15 is 0 Å². The Morgan fingerprint density at radius 2 is 1.07 bits per heavy atom. The van der Waals surface area contributed by atoms with Crippen LogP contribution in [0.4, 0.5) is 0 Å². The van der Waals surface area contributed by atoms with Gasteiger partial charge in [0.1, 0.15) is 0 Å². The van der Waals surface area contributed by atoms with E-state index in [1.54, 1.807) is 24.3 Å². The van der Waals surface area contributed by atoms with E-state index in [9.17, 15) is 9.59 Å². The van der Waals surface area contributed by atoms with Crippen molar-refractivity contribution in [2.24, 2.45) is 0 Å². The van der Waals surface area contributed by atoms with Gasteiger partial charge in [0, 0.05) is 22.3 Å². The van der Waals surface area contributed by atoms with Gasteiger partial charge in [-0.25, -0.2) is 0 Å². The summed E-state index contributed by atoms with van der Waals surface area (Å²) in [6.45, 7) is 1.89. The average Bonchev–Trinajstić information content (AvgIpc) is 2.73. The molecule has 4 aromatic rings. The number of ketones is 2. The molecule has 2 heteroatoms. The summed E-state index contributed by atoms with van der Waals surface area (Å²) >= 11 is 0. The summed E-state index contributed by atoms with van der Waals surface area (Å²) in [5.74, 6) is -0.257. The van der Waals surface area contributed by atoms with Crippen molar-refractivity contribution in [3.63, 3.8) is 0 Å². The zero-order valence-corrected chi connectivity index (χ0v) is 15.0. The Morgan fingerprint density at radius 3 is 1.67 bits per heavy atom. The fourth-order valence-corrected chi connectivity index (χ4v) is 3.48. The molecule has 0 aliphatic rings. The second-order valence-corrected chi connectivity index (χ2v) is 6.55. The van der Waals surface area contributed by atoms with Gasteiger partial charge in [0.15, 0.2) is 11.6 Å². The van der Waals surface area contributed by atoms with Crippen LogP contribution in [0.2, 0.25) is 0 Å². The van der Waals surface area contributed by atoms with Gasteiger partial charge in [0.2, 0.25) is 0 Å². The normalized spacial score (nSPS) is 10.7. The van der Waals surface area contributed by atoms with Crippen LogP contribution in [0.3, 0.4) is 0 Å². The average molecular weight is 350 g/mol. The Hall–Kier alpha value is -3.52. The Morgan fingerprint density at radius 1 is 0.593 bits per heavy atom. The van der Waals surface area contributed by atoms with E-state index in [4.69, 9.17) is 0 Å². The van der Waals surface area contributed by atoms with Crippen LogP contribution in [0.5, 0.6) is 0 Å². The molecule has 0 N–H and O–H groups in total. The molecule has 4 aromatic carbocycles. The van der Waals surface area contributed by atoms with Gasteiger partial charge in [0.25, 0.3) is 0 Å². The quantitative estimate of drug-likeness (QED) is 0.448. The van der Waals surface area contributed by atoms with Gasteiger partial charge in [-0.2, -0.15) is 0 Å². The highest BCUT2D eigenvalue weighted by molar-refractivity contribution is 6.25. The molecule has 0 fully saturated rings. The van der Waals surface area contributed by atoms with Crippen molar-refractivity contribution < 1.29 is 9.59 Å². The van der Waals surface area contributed by atoms with Gasteiger partial charge in [-0.15, -0.1) is 0 Å². The molecule has 0 unspecified atom stereocenters. The lowest BCUT2D eigenvalue weighted by Gasteiger charge is -2.15. The molecule has 0 aliphatic heterocycles. The van der Waals surface area contributed by atoms with Crippen molar-refractivity contribution in [1.82, 2.24) is 0 Å². The molecular formula is C25H18O2. The predicted octanol–water partition coefficient (Wildman–Crippen LogP) is 5.61. The van der Waals surface area contributed by atoms with Crippen LogP contribution in [0, 0.1) is 6.92 Å². The Bertz CT molecular complexity index is 1140. The third-order valence-corrected chi connectivity index (χ3v) is 4.77. The maximum absolute atomic E-state index is 13.4. The molecule has 0 aromatic heterocycles. The molecule has 0 radical (unpaired) electrons. The Labute approximate surface area is 158 Å². The van der Waals surface area contributed by atoms with Gasteiger partial charge in [-0.1, -0.05) is 91.0 Å². The van der Waals surface area contributed by atoms with Crippen molar-refractivity contribution in [1.29, 1.82) is 0 Å². The SMILES string of the molecule is Cc1cc2ccccc2c(C(=O)c2ccccc2)c1C(=O)c1ccccc1. The lowest BCUT2D eigenvalue weighted by Crippen LogP contribution is -2.14. The van der Waals surface area contributed by atoms with Crippen LogP contribution in [0.1, 0.15) is 37.4 Å². The third-order valence-electron chi connectivity index (χ3n) is 4.77. The molecule has 0 saturated carbocycles. The lowest BCUT2D eigenvalue weighted by atomic mass is 9.86. The van der Waals surface area contributed by atoms with E-state index < -0.39 is 0 Å². The first-order valence-corrected chi connectivity index (χ1v) is 8.88. The molecule has 0 atom stereocenters. The van der Waals surface area contributed by atoms with E-state index in [0.717, 1.165) is 16.3 Å². The van der Waals surface area contributed by atoms with Gasteiger partial charge in [-0.3, -0.25) is 9.59 Å². The number of fused-ring (bicyclic) bond motifs is 1. The number of rotatable bonds is 4. The molecule has 0 bridgehead atoms. The van der Waals surface area contributed by atoms with E-state index in [2.05, 4.69) is 0 Å². The van der Waals surface area contributed by atoms with Crippen LogP contribution < -0.4 is 0 Å². The molecule has 0 aliphatic carbocycles. The number of aryl methyl sites for hydroxylation is 1. The Balaban J connectivity index is 2.02. The van der Waals surface area contributed by atoms with Crippen molar-refractivity contribution >= 4 is 22.3 Å². The van der Waals surface area contributed by atoms with E-state index in [1.807, 2.05) is 73.7 Å². The first-order chi connectivity index (χ1) is 13.2. The van der Waals surface area contributed by atoms with E-state index in [-0.39, 0.29) is 11.6 Å². The minimum absolute atomic E-state index is 0.127. The van der Waals surface area contributed by atoms with Crippen LogP contribution in [-0.2, 0) is 0 Å². The van der Waals surface area contributed by atoms with Crippen molar-refractivity contribution in [3.8, 4) is 0 Å². The molecule has 27 heavy (non-hydrogen) atoms. The fraction of sp³-hybridized carbons (Fsp3) is 0.0400. The van der Waals surface area contributed by atoms with Crippen LogP contribution in [0.15, 0.2) is 91.0 Å². The molecule has 4 rings (SSSR count). The highest BCUT2D eigenvalue weighted by atomic mass is 16.1. The maximum atomic E-state index is 13.4. The summed E-state index contributed by atoms with van der Waals surface area (Å²) in [4.78, 5) is 26.7. The summed E-state index contributed by atoms with van der Waals surface area (Å²) < 4.78 is 0. The second kappa shape index (κ2) is 7.00. The number of hydrogen-bond acceptors (Lipinski definition) is 2. The summed E-state index contributed by atoms with van der Waals surface area (Å²) in [7, 11) is 0. The van der Waals surface area contributed by atoms with Crippen molar-refractivity contribution in [3.05, 3.63) is 119 Å². The molecule has 0 saturated heterocycles. The first kappa shape index (κ1) is 16.9. The largest absolute Gasteiger partial charge is 0.289 e. The van der Waals surface area contributed by atoms with Crippen LogP contribution in [0.25, 0.3) is 10.8 Å².